The normalized spacial score (nSPS) is 12.4. The second kappa shape index (κ2) is 6.74. The molecule has 1 rings (SSSR count). The fraction of sp³-hybridized carbons (Fsp3) is 0.417. The molecule has 0 aromatic heterocycles. The van der Waals surface area contributed by atoms with Crippen LogP contribution in [0.1, 0.15) is 22.8 Å². The van der Waals surface area contributed by atoms with Crippen molar-refractivity contribution in [3.8, 4) is 0 Å². The van der Waals surface area contributed by atoms with Crippen LogP contribution in [-0.4, -0.2) is 30.8 Å². The number of carbonyl (C=O) groups is 1. The molecule has 0 heterocycles. The molecule has 1 atom stereocenters. The molecule has 0 amide bonds. The number of rotatable bonds is 6. The largest absolute Gasteiger partial charge is 0.478 e. The summed E-state index contributed by atoms with van der Waals surface area (Å²) in [6.45, 7) is 3.41. The number of benzene rings is 1. The average molecular weight is 302 g/mol. The van der Waals surface area contributed by atoms with Gasteiger partial charge in [-0.1, -0.05) is 22.0 Å². The molecule has 0 aliphatic carbocycles. The SMILES string of the molecule is COC(C)CNCc1ccc(C(=O)O)cc1Br. The monoisotopic (exact) mass is 301 g/mol. The van der Waals surface area contributed by atoms with Gasteiger partial charge in [-0.2, -0.15) is 0 Å². The Kier molecular flexibility index (Phi) is 5.61. The number of ether oxygens (including phenoxy) is 1. The Balaban J connectivity index is 2.57. The Labute approximate surface area is 109 Å². The summed E-state index contributed by atoms with van der Waals surface area (Å²) >= 11 is 3.37. The first-order valence-corrected chi connectivity index (χ1v) is 6.09. The lowest BCUT2D eigenvalue weighted by molar-refractivity contribution is 0.0697. The highest BCUT2D eigenvalue weighted by molar-refractivity contribution is 9.10. The summed E-state index contributed by atoms with van der Waals surface area (Å²) in [7, 11) is 1.67. The first-order valence-electron chi connectivity index (χ1n) is 5.29. The molecule has 1 aromatic rings. The zero-order chi connectivity index (χ0) is 12.8. The average Bonchev–Trinajstić information content (AvgIpc) is 2.30. The van der Waals surface area contributed by atoms with E-state index in [1.807, 2.05) is 6.92 Å². The molecule has 0 radical (unpaired) electrons. The lowest BCUT2D eigenvalue weighted by Gasteiger charge is -2.11. The maximum Gasteiger partial charge on any atom is 0.335 e. The van der Waals surface area contributed by atoms with Crippen LogP contribution < -0.4 is 5.32 Å². The first-order chi connectivity index (χ1) is 8.04. The molecule has 1 aromatic carbocycles. The lowest BCUT2D eigenvalue weighted by Crippen LogP contribution is -2.25. The maximum atomic E-state index is 10.8. The predicted molar refractivity (Wildman–Crippen MR) is 69.3 cm³/mol. The standard InChI is InChI=1S/C12H16BrNO3/c1-8(17-2)6-14-7-10-4-3-9(12(15)16)5-11(10)13/h3-5,8,14H,6-7H2,1-2H3,(H,15,16). The smallest absolute Gasteiger partial charge is 0.335 e. The van der Waals surface area contributed by atoms with Gasteiger partial charge in [0, 0.05) is 24.7 Å². The minimum Gasteiger partial charge on any atom is -0.478 e. The van der Waals surface area contributed by atoms with E-state index in [2.05, 4.69) is 21.2 Å². The summed E-state index contributed by atoms with van der Waals surface area (Å²) in [6, 6.07) is 5.01. The topological polar surface area (TPSA) is 58.6 Å². The van der Waals surface area contributed by atoms with Crippen LogP contribution in [0.5, 0.6) is 0 Å². The quantitative estimate of drug-likeness (QED) is 0.846. The van der Waals surface area contributed by atoms with E-state index in [-0.39, 0.29) is 11.7 Å². The van der Waals surface area contributed by atoms with Gasteiger partial charge in [0.1, 0.15) is 0 Å². The number of hydrogen-bond acceptors (Lipinski definition) is 3. The van der Waals surface area contributed by atoms with Crippen molar-refractivity contribution < 1.29 is 14.6 Å². The van der Waals surface area contributed by atoms with Crippen LogP contribution in [0, 0.1) is 0 Å². The van der Waals surface area contributed by atoms with Crippen molar-refractivity contribution in [2.45, 2.75) is 19.6 Å². The molecule has 17 heavy (non-hydrogen) atoms. The van der Waals surface area contributed by atoms with Crippen LogP contribution in [0.4, 0.5) is 0 Å². The zero-order valence-corrected chi connectivity index (χ0v) is 11.5. The van der Waals surface area contributed by atoms with Crippen molar-refractivity contribution >= 4 is 21.9 Å². The molecule has 0 saturated heterocycles. The molecule has 0 spiro atoms. The van der Waals surface area contributed by atoms with Gasteiger partial charge in [-0.25, -0.2) is 4.79 Å². The van der Waals surface area contributed by atoms with Crippen molar-refractivity contribution in [3.63, 3.8) is 0 Å². The fourth-order valence-electron chi connectivity index (χ4n) is 1.32. The molecule has 0 saturated carbocycles. The summed E-state index contributed by atoms with van der Waals surface area (Å²) in [5.41, 5.74) is 1.31. The number of nitrogens with one attached hydrogen (secondary N) is 1. The Morgan fingerprint density at radius 3 is 2.82 bits per heavy atom. The first kappa shape index (κ1) is 14.2. The van der Waals surface area contributed by atoms with Gasteiger partial charge in [-0.3, -0.25) is 0 Å². The van der Waals surface area contributed by atoms with Crippen LogP contribution in [0.15, 0.2) is 22.7 Å². The molecular formula is C12H16BrNO3. The highest BCUT2D eigenvalue weighted by Gasteiger charge is 2.06. The van der Waals surface area contributed by atoms with Crippen molar-refractivity contribution in [3.05, 3.63) is 33.8 Å². The molecule has 2 N–H and O–H groups in total. The van der Waals surface area contributed by atoms with Crippen LogP contribution in [0.2, 0.25) is 0 Å². The van der Waals surface area contributed by atoms with E-state index in [0.29, 0.717) is 6.54 Å². The fourth-order valence-corrected chi connectivity index (χ4v) is 1.84. The summed E-state index contributed by atoms with van der Waals surface area (Å²) in [5, 5.41) is 12.1. The van der Waals surface area contributed by atoms with Gasteiger partial charge < -0.3 is 15.2 Å². The minimum atomic E-state index is -0.918. The van der Waals surface area contributed by atoms with Gasteiger partial charge >= 0.3 is 5.97 Å². The molecule has 0 aliphatic rings. The Morgan fingerprint density at radius 1 is 1.59 bits per heavy atom. The Bertz CT molecular complexity index is 395. The summed E-state index contributed by atoms with van der Waals surface area (Å²) in [5.74, 6) is -0.918. The third kappa shape index (κ3) is 4.46. The van der Waals surface area contributed by atoms with Gasteiger partial charge in [-0.05, 0) is 24.6 Å². The molecule has 1 unspecified atom stereocenters. The second-order valence-corrected chi connectivity index (χ2v) is 4.64. The van der Waals surface area contributed by atoms with Gasteiger partial charge in [0.05, 0.1) is 11.7 Å². The van der Waals surface area contributed by atoms with Crippen molar-refractivity contribution in [1.82, 2.24) is 5.32 Å². The van der Waals surface area contributed by atoms with E-state index in [1.165, 1.54) is 0 Å². The summed E-state index contributed by atoms with van der Waals surface area (Å²) in [6.07, 6.45) is 0.159. The zero-order valence-electron chi connectivity index (χ0n) is 9.87. The van der Waals surface area contributed by atoms with E-state index < -0.39 is 5.97 Å². The lowest BCUT2D eigenvalue weighted by atomic mass is 10.1. The molecule has 5 heteroatoms. The molecule has 0 bridgehead atoms. The van der Waals surface area contributed by atoms with Gasteiger partial charge in [0.2, 0.25) is 0 Å². The Hall–Kier alpha value is -0.910. The molecule has 4 nitrogen and oxygen atoms in total. The van der Waals surface area contributed by atoms with Crippen molar-refractivity contribution in [2.75, 3.05) is 13.7 Å². The van der Waals surface area contributed by atoms with E-state index in [9.17, 15) is 4.79 Å². The van der Waals surface area contributed by atoms with Crippen LogP contribution in [-0.2, 0) is 11.3 Å². The van der Waals surface area contributed by atoms with Crippen molar-refractivity contribution in [1.29, 1.82) is 0 Å². The summed E-state index contributed by atoms with van der Waals surface area (Å²) in [4.78, 5) is 10.8. The number of hydrogen-bond donors (Lipinski definition) is 2. The van der Waals surface area contributed by atoms with Gasteiger partial charge in [0.25, 0.3) is 0 Å². The van der Waals surface area contributed by atoms with Crippen LogP contribution >= 0.6 is 15.9 Å². The number of halogens is 1. The number of carboxylic acid groups (broad SMARTS) is 1. The highest BCUT2D eigenvalue weighted by Crippen LogP contribution is 2.18. The molecular weight excluding hydrogens is 286 g/mol. The van der Waals surface area contributed by atoms with Crippen molar-refractivity contribution in [2.24, 2.45) is 0 Å². The van der Waals surface area contributed by atoms with E-state index in [0.717, 1.165) is 16.6 Å². The number of aromatic carboxylic acids is 1. The molecule has 94 valence electrons. The number of carboxylic acids is 1. The second-order valence-electron chi connectivity index (χ2n) is 3.79. The molecule has 0 aliphatic heterocycles. The minimum absolute atomic E-state index is 0.159. The van der Waals surface area contributed by atoms with E-state index in [4.69, 9.17) is 9.84 Å². The maximum absolute atomic E-state index is 10.8. The van der Waals surface area contributed by atoms with Crippen LogP contribution in [0.25, 0.3) is 0 Å². The summed E-state index contributed by atoms with van der Waals surface area (Å²) < 4.78 is 5.92. The van der Waals surface area contributed by atoms with Gasteiger partial charge in [-0.15, -0.1) is 0 Å². The third-order valence-electron chi connectivity index (χ3n) is 2.45. The number of methoxy groups -OCH3 is 1. The predicted octanol–water partition coefficient (Wildman–Crippen LogP) is 2.27. The third-order valence-corrected chi connectivity index (χ3v) is 3.19. The van der Waals surface area contributed by atoms with Crippen LogP contribution in [0.3, 0.4) is 0 Å². The van der Waals surface area contributed by atoms with E-state index in [1.54, 1.807) is 25.3 Å². The Morgan fingerprint density at radius 2 is 2.29 bits per heavy atom. The van der Waals surface area contributed by atoms with E-state index >= 15 is 0 Å². The highest BCUT2D eigenvalue weighted by atomic mass is 79.9. The molecule has 0 fully saturated rings. The van der Waals surface area contributed by atoms with Gasteiger partial charge in [0.15, 0.2) is 0 Å².